The molecule has 7 heteroatoms. The smallest absolute Gasteiger partial charge is 0.362 e. The van der Waals surface area contributed by atoms with E-state index in [2.05, 4.69) is 5.10 Å². The molecule has 7 nitrogen and oxygen atoms in total. The van der Waals surface area contributed by atoms with Crippen LogP contribution in [0.2, 0.25) is 0 Å². The van der Waals surface area contributed by atoms with Gasteiger partial charge in [-0.1, -0.05) is 19.1 Å². The molecule has 1 unspecified atom stereocenters. The number of carbonyl (C=O) groups excluding carboxylic acids is 2. The highest BCUT2D eigenvalue weighted by atomic mass is 16.6. The van der Waals surface area contributed by atoms with Crippen molar-refractivity contribution in [3.63, 3.8) is 0 Å². The van der Waals surface area contributed by atoms with Crippen molar-refractivity contribution >= 4 is 17.6 Å². The zero-order valence-electron chi connectivity index (χ0n) is 12.4. The highest BCUT2D eigenvalue weighted by molar-refractivity contribution is 6.04. The minimum atomic E-state index is -2.18. The molecule has 118 valence electrons. The topological polar surface area (TPSA) is 99.4 Å². The van der Waals surface area contributed by atoms with Crippen LogP contribution in [0.5, 0.6) is 5.75 Å². The fraction of sp³-hybridized carbons (Fsp3) is 0.400. The van der Waals surface area contributed by atoms with E-state index in [9.17, 15) is 19.8 Å². The fourth-order valence-electron chi connectivity index (χ4n) is 2.20. The van der Waals surface area contributed by atoms with Crippen molar-refractivity contribution in [3.8, 4) is 5.75 Å². The lowest BCUT2D eigenvalue weighted by atomic mass is 10.0. The van der Waals surface area contributed by atoms with E-state index in [1.807, 2.05) is 0 Å². The quantitative estimate of drug-likeness (QED) is 0.816. The molecule has 1 amide bonds. The Morgan fingerprint density at radius 1 is 1.36 bits per heavy atom. The first-order valence-electron chi connectivity index (χ1n) is 7.02. The molecule has 0 saturated heterocycles. The number of amides is 1. The Bertz CT molecular complexity index is 628. The van der Waals surface area contributed by atoms with E-state index >= 15 is 0 Å². The second kappa shape index (κ2) is 6.15. The molecule has 1 heterocycles. The third-order valence-electron chi connectivity index (χ3n) is 3.38. The van der Waals surface area contributed by atoms with E-state index in [-0.39, 0.29) is 24.3 Å². The summed E-state index contributed by atoms with van der Waals surface area (Å²) < 4.78 is 4.85. The number of nitrogens with zero attached hydrogens (tertiary/aromatic N) is 2. The molecule has 1 atom stereocenters. The zero-order chi connectivity index (χ0) is 16.3. The minimum absolute atomic E-state index is 0.0497. The van der Waals surface area contributed by atoms with Crippen molar-refractivity contribution < 1.29 is 24.5 Å². The van der Waals surface area contributed by atoms with Gasteiger partial charge in [-0.25, -0.2) is 4.79 Å². The zero-order valence-corrected chi connectivity index (χ0v) is 12.4. The number of phenolic OH excluding ortho intramolecular Hbond substituents is 1. The van der Waals surface area contributed by atoms with Gasteiger partial charge in [0.15, 0.2) is 0 Å². The Balaban J connectivity index is 2.40. The van der Waals surface area contributed by atoms with Crippen molar-refractivity contribution in [2.75, 3.05) is 6.61 Å². The number of para-hydroxylation sites is 1. The maximum Gasteiger partial charge on any atom is 0.362 e. The lowest BCUT2D eigenvalue weighted by Gasteiger charge is -2.28. The van der Waals surface area contributed by atoms with E-state index in [1.54, 1.807) is 26.0 Å². The van der Waals surface area contributed by atoms with Gasteiger partial charge in [0.1, 0.15) is 5.75 Å². The lowest BCUT2D eigenvalue weighted by molar-refractivity contribution is -0.179. The summed E-state index contributed by atoms with van der Waals surface area (Å²) in [6, 6.07) is 5.87. The van der Waals surface area contributed by atoms with Crippen molar-refractivity contribution in [1.82, 2.24) is 5.01 Å². The number of esters is 1. The second-order valence-electron chi connectivity index (χ2n) is 4.87. The van der Waals surface area contributed by atoms with E-state index in [0.29, 0.717) is 17.1 Å². The molecule has 1 aromatic carbocycles. The first-order valence-corrected chi connectivity index (χ1v) is 7.02. The predicted octanol–water partition coefficient (Wildman–Crippen LogP) is 1.26. The number of ether oxygens (including phenoxy) is 1. The summed E-state index contributed by atoms with van der Waals surface area (Å²) in [6.45, 7) is 3.48. The molecule has 1 aliphatic heterocycles. The first-order chi connectivity index (χ1) is 10.4. The minimum Gasteiger partial charge on any atom is -0.507 e. The van der Waals surface area contributed by atoms with E-state index in [0.717, 1.165) is 0 Å². The van der Waals surface area contributed by atoms with E-state index in [4.69, 9.17) is 4.74 Å². The van der Waals surface area contributed by atoms with Crippen molar-refractivity contribution in [2.45, 2.75) is 32.4 Å². The van der Waals surface area contributed by atoms with Gasteiger partial charge in [0, 0.05) is 12.1 Å². The molecule has 0 aromatic heterocycles. The van der Waals surface area contributed by atoms with Crippen LogP contribution in [0.15, 0.2) is 29.4 Å². The van der Waals surface area contributed by atoms with Crippen LogP contribution < -0.4 is 0 Å². The van der Waals surface area contributed by atoms with Gasteiger partial charge in [-0.2, -0.15) is 10.1 Å². The molecular formula is C15H18N2O5. The maximum absolute atomic E-state index is 12.5. The summed E-state index contributed by atoms with van der Waals surface area (Å²) in [5, 5.41) is 25.1. The number of rotatable bonds is 4. The Morgan fingerprint density at radius 2 is 2.05 bits per heavy atom. The van der Waals surface area contributed by atoms with Crippen LogP contribution in [0, 0.1) is 0 Å². The molecule has 0 saturated carbocycles. The Morgan fingerprint density at radius 3 is 2.64 bits per heavy atom. The van der Waals surface area contributed by atoms with Crippen LogP contribution in [0.25, 0.3) is 0 Å². The molecule has 0 spiro atoms. The molecule has 22 heavy (non-hydrogen) atoms. The maximum atomic E-state index is 12.5. The fourth-order valence-corrected chi connectivity index (χ4v) is 2.20. The summed E-state index contributed by atoms with van der Waals surface area (Å²) in [7, 11) is 0. The van der Waals surface area contributed by atoms with Gasteiger partial charge in [-0.15, -0.1) is 0 Å². The SMILES string of the molecule is CCOC(=O)C1(O)CC(CC)=NN1C(=O)c1ccccc1O. The molecule has 2 rings (SSSR count). The van der Waals surface area contributed by atoms with Crippen molar-refractivity contribution in [2.24, 2.45) is 5.10 Å². The number of hydrazone groups is 1. The number of aromatic hydroxyl groups is 1. The summed E-state index contributed by atoms with van der Waals surface area (Å²) >= 11 is 0. The molecular weight excluding hydrogens is 288 g/mol. The molecule has 1 aromatic rings. The van der Waals surface area contributed by atoms with E-state index in [1.165, 1.54) is 12.1 Å². The van der Waals surface area contributed by atoms with Crippen LogP contribution in [0.4, 0.5) is 0 Å². The van der Waals surface area contributed by atoms with Crippen LogP contribution in [0.3, 0.4) is 0 Å². The number of hydrogen-bond donors (Lipinski definition) is 2. The number of aliphatic hydroxyl groups is 1. The van der Waals surface area contributed by atoms with Gasteiger partial charge in [0.25, 0.3) is 11.6 Å². The summed E-state index contributed by atoms with van der Waals surface area (Å²) in [5.41, 5.74) is -1.73. The molecule has 1 aliphatic rings. The Hall–Kier alpha value is -2.41. The van der Waals surface area contributed by atoms with E-state index < -0.39 is 17.6 Å². The first kappa shape index (κ1) is 16.0. The van der Waals surface area contributed by atoms with Crippen LogP contribution in [-0.4, -0.2) is 45.1 Å². The van der Waals surface area contributed by atoms with Crippen LogP contribution in [0.1, 0.15) is 37.0 Å². The number of phenols is 1. The summed E-state index contributed by atoms with van der Waals surface area (Å²) in [6.07, 6.45) is 0.369. The Kier molecular flexibility index (Phi) is 4.46. The van der Waals surface area contributed by atoms with Gasteiger partial charge < -0.3 is 14.9 Å². The number of hydrogen-bond acceptors (Lipinski definition) is 6. The van der Waals surface area contributed by atoms with Gasteiger partial charge in [-0.05, 0) is 25.5 Å². The molecule has 0 bridgehead atoms. The van der Waals surface area contributed by atoms with Crippen LogP contribution in [-0.2, 0) is 9.53 Å². The monoisotopic (exact) mass is 306 g/mol. The normalized spacial score (nSPS) is 20.7. The lowest BCUT2D eigenvalue weighted by Crippen LogP contribution is -2.53. The molecule has 0 fully saturated rings. The molecule has 0 aliphatic carbocycles. The standard InChI is InChI=1S/C15H18N2O5/c1-3-10-9-15(21,14(20)22-4-2)17(16-10)13(19)11-7-5-6-8-12(11)18/h5-8,18,21H,3-4,9H2,1-2H3. The highest BCUT2D eigenvalue weighted by Crippen LogP contribution is 2.31. The average Bonchev–Trinajstić information content (AvgIpc) is 2.86. The molecule has 2 N–H and O–H groups in total. The van der Waals surface area contributed by atoms with Gasteiger partial charge >= 0.3 is 5.97 Å². The third kappa shape index (κ3) is 2.67. The third-order valence-corrected chi connectivity index (χ3v) is 3.38. The van der Waals surface area contributed by atoms with Gasteiger partial charge in [0.2, 0.25) is 0 Å². The largest absolute Gasteiger partial charge is 0.507 e. The number of carbonyl (C=O) groups is 2. The van der Waals surface area contributed by atoms with Crippen molar-refractivity contribution in [1.29, 1.82) is 0 Å². The highest BCUT2D eigenvalue weighted by Gasteiger charge is 2.52. The predicted molar refractivity (Wildman–Crippen MR) is 78.2 cm³/mol. The van der Waals surface area contributed by atoms with Crippen LogP contribution >= 0.6 is 0 Å². The summed E-state index contributed by atoms with van der Waals surface area (Å²) in [4.78, 5) is 24.6. The summed E-state index contributed by atoms with van der Waals surface area (Å²) in [5.74, 6) is -1.96. The number of benzene rings is 1. The van der Waals surface area contributed by atoms with Gasteiger partial charge in [0.05, 0.1) is 12.2 Å². The Labute approximate surface area is 127 Å². The second-order valence-corrected chi connectivity index (χ2v) is 4.87. The van der Waals surface area contributed by atoms with Gasteiger partial charge in [-0.3, -0.25) is 4.79 Å². The molecule has 0 radical (unpaired) electrons. The average molecular weight is 306 g/mol. The van der Waals surface area contributed by atoms with Crippen molar-refractivity contribution in [3.05, 3.63) is 29.8 Å².